The van der Waals surface area contributed by atoms with Crippen molar-refractivity contribution >= 4 is 76.9 Å². The normalized spacial score (nSPS) is 16.4. The number of carboxylic acids is 2. The number of rotatable bonds is 38. The Hall–Kier alpha value is -9.60. The van der Waals surface area contributed by atoms with Crippen LogP contribution in [0.15, 0.2) is 67.1 Å². The molecule has 0 unspecified atom stereocenters. The molecule has 4 rings (SSSR count). The van der Waals surface area contributed by atoms with Crippen LogP contribution in [0.4, 0.5) is 0 Å². The number of amides is 11. The van der Waals surface area contributed by atoms with E-state index in [4.69, 9.17) is 11.5 Å². The number of carbonyl (C=O) groups is 13. The topological polar surface area (TPSA) is 536 Å². The SMILES string of the molecule is CC(C)C[C@H](NC(=O)[C@H](CC(N)=O)NC(=O)[C@H](CCC(=O)O)NC(=O)[C@H](Cc1ccccc1)NC(=O)[C@H](Cc1cnc[nH]1)NC(=O)[C@H](CO)NC(=O)[C@@H]1CCCN1C(=O)[C@H](CO)NC(=O)[C@@H](NC(=O)[C@H](Cc1ccc(O)cc1)NC(=O)[C@@H](N)CC(C)C)[C@@H](C)O)C(=O)O. The van der Waals surface area contributed by atoms with Gasteiger partial charge < -0.3 is 99.8 Å². The lowest BCUT2D eigenvalue weighted by Gasteiger charge is -2.30. The molecule has 93 heavy (non-hydrogen) atoms. The number of carbonyl (C=O) groups excluding carboxylic acids is 11. The van der Waals surface area contributed by atoms with E-state index in [1.54, 1.807) is 44.2 Å². The van der Waals surface area contributed by atoms with Crippen LogP contribution in [0.3, 0.4) is 0 Å². The van der Waals surface area contributed by atoms with Gasteiger partial charge in [0.25, 0.3) is 0 Å². The van der Waals surface area contributed by atoms with Crippen LogP contribution in [0, 0.1) is 11.8 Å². The molecule has 1 aliphatic heterocycles. The number of aromatic amines is 1. The summed E-state index contributed by atoms with van der Waals surface area (Å²) in [5.74, 6) is -14.7. The summed E-state index contributed by atoms with van der Waals surface area (Å²) in [6, 6.07) is -3.85. The van der Waals surface area contributed by atoms with Crippen LogP contribution in [0.25, 0.3) is 0 Å². The van der Waals surface area contributed by atoms with E-state index in [-0.39, 0.29) is 74.8 Å². The highest BCUT2D eigenvalue weighted by Crippen LogP contribution is 2.20. The Morgan fingerprint density at radius 2 is 1.09 bits per heavy atom. The van der Waals surface area contributed by atoms with E-state index < -0.39 is 182 Å². The molecule has 20 N–H and O–H groups in total. The second-order valence-electron chi connectivity index (χ2n) is 23.4. The van der Waals surface area contributed by atoms with E-state index in [1.165, 1.54) is 36.8 Å². The quantitative estimate of drug-likeness (QED) is 0.0256. The van der Waals surface area contributed by atoms with Crippen LogP contribution in [0.2, 0.25) is 0 Å². The molecular formula is C60H86N14O19. The molecule has 0 saturated carbocycles. The van der Waals surface area contributed by atoms with Gasteiger partial charge in [0.05, 0.1) is 38.1 Å². The molecule has 0 aliphatic carbocycles. The third kappa shape index (κ3) is 24.9. The van der Waals surface area contributed by atoms with Crippen molar-refractivity contribution in [2.75, 3.05) is 19.8 Å². The van der Waals surface area contributed by atoms with Gasteiger partial charge in [0.2, 0.25) is 65.0 Å². The van der Waals surface area contributed by atoms with Gasteiger partial charge in [-0.25, -0.2) is 9.78 Å². The number of benzene rings is 2. The number of aromatic hydroxyl groups is 1. The molecule has 1 fully saturated rings. The number of nitrogens with one attached hydrogen (secondary N) is 10. The van der Waals surface area contributed by atoms with E-state index in [0.717, 1.165) is 11.8 Å². The second-order valence-corrected chi connectivity index (χ2v) is 23.4. The second kappa shape index (κ2) is 37.0. The number of aliphatic hydroxyl groups excluding tert-OH is 3. The first-order chi connectivity index (χ1) is 43.9. The standard InChI is InChI=1S/C60H86N14O19/c1-30(2)20-37(61)50(82)66-40(23-34-13-15-36(78)16-14-34)55(87)73-49(32(5)77)58(90)72-45(28-76)59(91)74-19-9-12-46(74)57(89)71-44(27-75)56(88)68-41(24-35-26-63-29-64-35)53(85)67-39(22-33-10-7-6-8-11-33)52(84)65-38(17-18-48(80)81)51(83)69-42(25-47(62)79)54(86)70-43(60(92)93)21-31(3)4/h6-8,10-11,13-16,26,29-32,37-46,49,75-78H,9,12,17-25,27-28,61H2,1-5H3,(H2,62,79)(H,63,64)(H,65,84)(H,66,82)(H,67,85)(H,68,88)(H,69,83)(H,70,86)(H,71,89)(H,72,90)(H,73,87)(H,80,81)(H,92,93)/t32-,37+,38+,39+,40+,41+,42+,43+,44+,45+,46+,49+/m1/s1. The molecule has 11 amide bonds. The third-order valence-electron chi connectivity index (χ3n) is 14.8. The Bertz CT molecular complexity index is 3060. The lowest BCUT2D eigenvalue weighted by molar-refractivity contribution is -0.144. The number of aliphatic hydroxyl groups is 3. The van der Waals surface area contributed by atoms with Gasteiger partial charge in [0.1, 0.15) is 66.2 Å². The molecule has 3 aromatic rings. The average Bonchev–Trinajstić information content (AvgIpc) is 1.91. The number of likely N-dealkylation sites (tertiary alicyclic amines) is 1. The van der Waals surface area contributed by atoms with Gasteiger partial charge in [-0.3, -0.25) is 57.5 Å². The van der Waals surface area contributed by atoms with Crippen molar-refractivity contribution in [3.8, 4) is 5.75 Å². The molecule has 1 saturated heterocycles. The number of phenols is 1. The van der Waals surface area contributed by atoms with Crippen molar-refractivity contribution < 1.29 is 93.0 Å². The number of H-pyrrole nitrogens is 1. The summed E-state index contributed by atoms with van der Waals surface area (Å²) in [7, 11) is 0. The monoisotopic (exact) mass is 1310 g/mol. The molecule has 2 aromatic carbocycles. The van der Waals surface area contributed by atoms with Crippen molar-refractivity contribution in [2.24, 2.45) is 23.3 Å². The van der Waals surface area contributed by atoms with Gasteiger partial charge in [-0.15, -0.1) is 0 Å². The van der Waals surface area contributed by atoms with Crippen molar-refractivity contribution in [3.05, 3.63) is 83.9 Å². The summed E-state index contributed by atoms with van der Waals surface area (Å²) >= 11 is 0. The number of carboxylic acid groups (broad SMARTS) is 2. The Morgan fingerprint density at radius 3 is 1.61 bits per heavy atom. The molecule has 1 aromatic heterocycles. The largest absolute Gasteiger partial charge is 0.508 e. The van der Waals surface area contributed by atoms with Gasteiger partial charge in [0, 0.05) is 44.1 Å². The van der Waals surface area contributed by atoms with Gasteiger partial charge in [-0.1, -0.05) is 70.2 Å². The van der Waals surface area contributed by atoms with Crippen molar-refractivity contribution in [1.29, 1.82) is 0 Å². The van der Waals surface area contributed by atoms with Crippen molar-refractivity contribution in [1.82, 2.24) is 62.7 Å². The fourth-order valence-electron chi connectivity index (χ4n) is 9.93. The van der Waals surface area contributed by atoms with E-state index in [2.05, 4.69) is 57.8 Å². The fraction of sp³-hybridized carbons (Fsp3) is 0.533. The van der Waals surface area contributed by atoms with E-state index in [0.29, 0.717) is 11.1 Å². The summed E-state index contributed by atoms with van der Waals surface area (Å²) in [6.45, 7) is 5.92. The molecule has 33 nitrogen and oxygen atoms in total. The molecule has 0 bridgehead atoms. The highest BCUT2D eigenvalue weighted by molar-refractivity contribution is 6.00. The average molecular weight is 1310 g/mol. The highest BCUT2D eigenvalue weighted by Gasteiger charge is 2.41. The third-order valence-corrected chi connectivity index (χ3v) is 14.8. The first-order valence-electron chi connectivity index (χ1n) is 30.1. The number of aromatic nitrogens is 2. The highest BCUT2D eigenvalue weighted by atomic mass is 16.4. The molecule has 1 aliphatic rings. The smallest absolute Gasteiger partial charge is 0.326 e. The zero-order chi connectivity index (χ0) is 69.2. The van der Waals surface area contributed by atoms with Gasteiger partial charge in [0.15, 0.2) is 0 Å². The predicted molar refractivity (Wildman–Crippen MR) is 327 cm³/mol. The van der Waals surface area contributed by atoms with Crippen LogP contribution < -0.4 is 59.3 Å². The number of primary amides is 1. The zero-order valence-electron chi connectivity index (χ0n) is 52.2. The maximum absolute atomic E-state index is 14.5. The Labute approximate surface area is 535 Å². The van der Waals surface area contributed by atoms with E-state index >= 15 is 0 Å². The van der Waals surface area contributed by atoms with Gasteiger partial charge in [-0.2, -0.15) is 0 Å². The summed E-state index contributed by atoms with van der Waals surface area (Å²) in [4.78, 5) is 183. The molecule has 2 heterocycles. The van der Waals surface area contributed by atoms with Gasteiger partial charge >= 0.3 is 11.9 Å². The summed E-state index contributed by atoms with van der Waals surface area (Å²) in [5.41, 5.74) is 12.6. The number of imidazole rings is 1. The zero-order valence-corrected chi connectivity index (χ0v) is 52.2. The number of aliphatic carboxylic acids is 2. The minimum absolute atomic E-state index is 0.00790. The van der Waals surface area contributed by atoms with Crippen molar-refractivity contribution in [2.45, 2.75) is 171 Å². The molecule has 33 heteroatoms. The maximum atomic E-state index is 14.5. The minimum Gasteiger partial charge on any atom is -0.508 e. The summed E-state index contributed by atoms with van der Waals surface area (Å²) in [6.07, 6.45) is -1.78. The maximum Gasteiger partial charge on any atom is 0.326 e. The van der Waals surface area contributed by atoms with Gasteiger partial charge in [-0.05, 0) is 74.1 Å². The minimum atomic E-state index is -1.84. The van der Waals surface area contributed by atoms with Crippen LogP contribution in [0.1, 0.15) is 96.4 Å². The molecular weight excluding hydrogens is 1220 g/mol. The van der Waals surface area contributed by atoms with Crippen LogP contribution in [-0.4, -0.2) is 215 Å². The fourth-order valence-corrected chi connectivity index (χ4v) is 9.93. The Kier molecular flexibility index (Phi) is 30.2. The molecule has 0 spiro atoms. The summed E-state index contributed by atoms with van der Waals surface area (Å²) in [5, 5.41) is 82.4. The van der Waals surface area contributed by atoms with Crippen LogP contribution >= 0.6 is 0 Å². The molecule has 12 atom stereocenters. The first kappa shape index (κ1) is 75.9. The number of nitrogens with two attached hydrogens (primary N) is 2. The molecule has 0 radical (unpaired) electrons. The first-order valence-corrected chi connectivity index (χ1v) is 30.1. The lowest BCUT2D eigenvalue weighted by Crippen LogP contribution is -2.62. The van der Waals surface area contributed by atoms with Crippen LogP contribution in [0.5, 0.6) is 5.75 Å². The van der Waals surface area contributed by atoms with Crippen molar-refractivity contribution in [3.63, 3.8) is 0 Å². The Morgan fingerprint density at radius 1 is 0.591 bits per heavy atom. The van der Waals surface area contributed by atoms with Crippen LogP contribution in [-0.2, 0) is 81.6 Å². The van der Waals surface area contributed by atoms with E-state index in [9.17, 15) is 93.0 Å². The molecule has 510 valence electrons. The number of nitrogens with zero attached hydrogens (tertiary/aromatic N) is 2. The number of phenolic OH excluding ortho intramolecular Hbond substituents is 1. The predicted octanol–water partition coefficient (Wildman–Crippen LogP) is -4.89. The Balaban J connectivity index is 1.54. The van der Waals surface area contributed by atoms with E-state index in [1.807, 2.05) is 13.8 Å². The lowest BCUT2D eigenvalue weighted by atomic mass is 10.0. The number of hydrogen-bond donors (Lipinski definition) is 18. The number of hydrogen-bond acceptors (Lipinski definition) is 19. The summed E-state index contributed by atoms with van der Waals surface area (Å²) < 4.78 is 0.